The molecule has 0 radical (unpaired) electrons. The number of carbonyl (C=O) groups is 1. The topological polar surface area (TPSA) is 89.8 Å². The highest BCUT2D eigenvalue weighted by atomic mass is 16.3. The van der Waals surface area contributed by atoms with Crippen LogP contribution in [0.3, 0.4) is 0 Å². The second-order valence-corrected chi connectivity index (χ2v) is 13.8. The van der Waals surface area contributed by atoms with Crippen molar-refractivity contribution in [3.8, 4) is 0 Å². The van der Waals surface area contributed by atoms with Gasteiger partial charge in [0.2, 0.25) is 5.91 Å². The van der Waals surface area contributed by atoms with E-state index in [1.54, 1.807) is 0 Å². The molecule has 4 N–H and O–H groups in total. The molecule has 5 nitrogen and oxygen atoms in total. The van der Waals surface area contributed by atoms with E-state index in [1.807, 2.05) is 0 Å². The summed E-state index contributed by atoms with van der Waals surface area (Å²) in [4.78, 5) is 12.4. The van der Waals surface area contributed by atoms with E-state index in [4.69, 9.17) is 0 Å². The van der Waals surface area contributed by atoms with Crippen LogP contribution in [0.4, 0.5) is 0 Å². The fourth-order valence-electron chi connectivity index (χ4n) is 5.93. The average Bonchev–Trinajstić information content (AvgIpc) is 3.09. The summed E-state index contributed by atoms with van der Waals surface area (Å²) in [7, 11) is 0. The number of allylic oxidation sites excluding steroid dienone is 8. The summed E-state index contributed by atoms with van der Waals surface area (Å²) in [6.07, 6.45) is 47.8. The van der Waals surface area contributed by atoms with E-state index in [0.717, 1.165) is 44.9 Å². The zero-order valence-electron chi connectivity index (χ0n) is 31.6. The molecule has 0 rings (SSSR count). The number of unbranched alkanes of at least 4 members (excludes halogenated alkanes) is 21. The Bertz CT molecular complexity index is 790. The molecular formula is C43H79NO4. The van der Waals surface area contributed by atoms with Gasteiger partial charge in [0.05, 0.1) is 18.8 Å². The zero-order chi connectivity index (χ0) is 35.2. The molecule has 0 aliphatic rings. The number of rotatable bonds is 36. The maximum atomic E-state index is 12.4. The van der Waals surface area contributed by atoms with Crippen LogP contribution in [-0.4, -0.2) is 46.1 Å². The lowest BCUT2D eigenvalue weighted by Gasteiger charge is -2.26. The Labute approximate surface area is 297 Å². The van der Waals surface area contributed by atoms with Crippen LogP contribution in [0.2, 0.25) is 0 Å². The Morgan fingerprint density at radius 1 is 0.521 bits per heavy atom. The van der Waals surface area contributed by atoms with E-state index < -0.39 is 18.2 Å². The Morgan fingerprint density at radius 3 is 1.44 bits per heavy atom. The predicted octanol–water partition coefficient (Wildman–Crippen LogP) is 11.4. The molecule has 0 aliphatic carbocycles. The van der Waals surface area contributed by atoms with Crippen LogP contribution >= 0.6 is 0 Å². The summed E-state index contributed by atoms with van der Waals surface area (Å²) >= 11 is 0. The van der Waals surface area contributed by atoms with Crippen molar-refractivity contribution < 1.29 is 20.1 Å². The third kappa shape index (κ3) is 32.8. The van der Waals surface area contributed by atoms with Gasteiger partial charge in [-0.05, 0) is 77.0 Å². The summed E-state index contributed by atoms with van der Waals surface area (Å²) in [5.74, 6) is -0.165. The summed E-state index contributed by atoms with van der Waals surface area (Å²) in [5, 5.41) is 33.4. The lowest BCUT2D eigenvalue weighted by atomic mass is 10.0. The van der Waals surface area contributed by atoms with Gasteiger partial charge in [-0.2, -0.15) is 0 Å². The van der Waals surface area contributed by atoms with Crippen LogP contribution in [0.5, 0.6) is 0 Å². The van der Waals surface area contributed by atoms with Gasteiger partial charge in [-0.15, -0.1) is 0 Å². The van der Waals surface area contributed by atoms with Crippen LogP contribution in [0.25, 0.3) is 0 Å². The molecule has 0 heterocycles. The first-order chi connectivity index (χ1) is 23.6. The number of amides is 1. The van der Waals surface area contributed by atoms with Crippen molar-refractivity contribution in [2.75, 3.05) is 6.61 Å². The van der Waals surface area contributed by atoms with Crippen molar-refractivity contribution in [2.24, 2.45) is 0 Å². The molecule has 5 heteroatoms. The Morgan fingerprint density at radius 2 is 0.917 bits per heavy atom. The minimum absolute atomic E-state index is 0.165. The highest BCUT2D eigenvalue weighted by Crippen LogP contribution is 2.14. The van der Waals surface area contributed by atoms with E-state index >= 15 is 0 Å². The molecule has 0 aromatic heterocycles. The van der Waals surface area contributed by atoms with Crippen molar-refractivity contribution in [1.29, 1.82) is 0 Å². The van der Waals surface area contributed by atoms with Gasteiger partial charge in [-0.25, -0.2) is 0 Å². The second kappa shape index (κ2) is 38.1. The zero-order valence-corrected chi connectivity index (χ0v) is 31.6. The monoisotopic (exact) mass is 674 g/mol. The van der Waals surface area contributed by atoms with Gasteiger partial charge in [0.15, 0.2) is 0 Å². The normalized spacial score (nSPS) is 14.2. The first-order valence-electron chi connectivity index (χ1n) is 20.4. The van der Waals surface area contributed by atoms with Crippen molar-refractivity contribution in [3.63, 3.8) is 0 Å². The molecule has 1 amide bonds. The van der Waals surface area contributed by atoms with Crippen molar-refractivity contribution in [3.05, 3.63) is 48.6 Å². The number of hydrogen-bond acceptors (Lipinski definition) is 4. The molecule has 0 aromatic carbocycles. The van der Waals surface area contributed by atoms with Crippen LogP contribution in [0, 0.1) is 0 Å². The van der Waals surface area contributed by atoms with E-state index in [2.05, 4.69) is 67.8 Å². The van der Waals surface area contributed by atoms with E-state index in [0.29, 0.717) is 12.8 Å². The quantitative estimate of drug-likeness (QED) is 0.0303. The van der Waals surface area contributed by atoms with Gasteiger partial charge < -0.3 is 20.6 Å². The molecule has 0 saturated heterocycles. The fourth-order valence-corrected chi connectivity index (χ4v) is 5.93. The molecule has 0 bridgehead atoms. The van der Waals surface area contributed by atoms with Gasteiger partial charge in [0.25, 0.3) is 0 Å². The molecular weight excluding hydrogens is 594 g/mol. The number of hydrogen-bond donors (Lipinski definition) is 4. The molecule has 0 fully saturated rings. The number of nitrogens with one attached hydrogen (secondary N) is 1. The molecule has 0 saturated carbocycles. The average molecular weight is 674 g/mol. The highest BCUT2D eigenvalue weighted by Gasteiger charge is 2.26. The summed E-state index contributed by atoms with van der Waals surface area (Å²) in [5.41, 5.74) is 0. The number of aliphatic hydroxyl groups is 3. The van der Waals surface area contributed by atoms with Gasteiger partial charge in [0.1, 0.15) is 6.10 Å². The second-order valence-electron chi connectivity index (χ2n) is 13.8. The van der Waals surface area contributed by atoms with Crippen molar-refractivity contribution >= 4 is 5.91 Å². The molecule has 280 valence electrons. The summed E-state index contributed by atoms with van der Waals surface area (Å²) < 4.78 is 0. The molecule has 48 heavy (non-hydrogen) atoms. The highest BCUT2D eigenvalue weighted by molar-refractivity contribution is 5.76. The van der Waals surface area contributed by atoms with E-state index in [-0.39, 0.29) is 12.5 Å². The first-order valence-corrected chi connectivity index (χ1v) is 20.4. The lowest BCUT2D eigenvalue weighted by Crippen LogP contribution is -2.50. The molecule has 0 spiro atoms. The SMILES string of the molecule is CCCCC/C=C\C=C/CCCCCCCCCCCCC(=O)NC(CO)C(O)C(O)CCC/C=C/CC/C=C/CCCCCCCC. The fraction of sp³-hybridized carbons (Fsp3) is 0.791. The van der Waals surface area contributed by atoms with Crippen molar-refractivity contribution in [1.82, 2.24) is 5.32 Å². The van der Waals surface area contributed by atoms with Crippen LogP contribution in [0.15, 0.2) is 48.6 Å². The van der Waals surface area contributed by atoms with Gasteiger partial charge in [0, 0.05) is 6.42 Å². The third-order valence-corrected chi connectivity index (χ3v) is 9.16. The molecule has 0 aromatic rings. The number of aliphatic hydroxyl groups excluding tert-OH is 3. The van der Waals surface area contributed by atoms with E-state index in [9.17, 15) is 20.1 Å². The Kier molecular flexibility index (Phi) is 36.8. The molecule has 3 unspecified atom stereocenters. The standard InChI is InChI=1S/C43H79NO4/c1-3-5-7-9-11-13-15-17-19-20-21-22-24-26-28-30-32-34-36-38-42(47)44-40(39-45)43(48)41(46)37-35-33-31-29-27-25-23-18-16-14-12-10-8-6-4-2/h11,13,15,17-18,23,29,31,40-41,43,45-46,48H,3-10,12,14,16,19-22,24-28,30,32-39H2,1-2H3,(H,44,47)/b13-11-,17-15-,23-18+,31-29+. The van der Waals surface area contributed by atoms with E-state index in [1.165, 1.54) is 122 Å². The van der Waals surface area contributed by atoms with Gasteiger partial charge in [-0.3, -0.25) is 4.79 Å². The first kappa shape index (κ1) is 46.3. The van der Waals surface area contributed by atoms with Gasteiger partial charge >= 0.3 is 0 Å². The molecule has 3 atom stereocenters. The summed E-state index contributed by atoms with van der Waals surface area (Å²) in [6, 6.07) is -0.834. The Balaban J connectivity index is 3.73. The predicted molar refractivity (Wildman–Crippen MR) is 208 cm³/mol. The largest absolute Gasteiger partial charge is 0.394 e. The van der Waals surface area contributed by atoms with Crippen LogP contribution < -0.4 is 5.32 Å². The van der Waals surface area contributed by atoms with Crippen molar-refractivity contribution in [2.45, 2.75) is 212 Å². The minimum Gasteiger partial charge on any atom is -0.394 e. The minimum atomic E-state index is -1.17. The Hall–Kier alpha value is -1.69. The molecule has 0 aliphatic heterocycles. The van der Waals surface area contributed by atoms with Crippen LogP contribution in [-0.2, 0) is 4.79 Å². The number of carbonyl (C=O) groups excluding carboxylic acids is 1. The van der Waals surface area contributed by atoms with Gasteiger partial charge in [-0.1, -0.05) is 159 Å². The maximum Gasteiger partial charge on any atom is 0.220 e. The lowest BCUT2D eigenvalue weighted by molar-refractivity contribution is -0.124. The summed E-state index contributed by atoms with van der Waals surface area (Å²) in [6.45, 7) is 4.11. The van der Waals surface area contributed by atoms with Crippen LogP contribution in [0.1, 0.15) is 194 Å². The third-order valence-electron chi connectivity index (χ3n) is 9.16. The maximum absolute atomic E-state index is 12.4. The smallest absolute Gasteiger partial charge is 0.220 e.